The summed E-state index contributed by atoms with van der Waals surface area (Å²) in [6, 6.07) is 5.32. The van der Waals surface area contributed by atoms with Gasteiger partial charge >= 0.3 is 0 Å². The Bertz CT molecular complexity index is 377. The smallest absolute Gasteiger partial charge is 0.261 e. The molecule has 0 radical (unpaired) electrons. The van der Waals surface area contributed by atoms with Gasteiger partial charge in [-0.3, -0.25) is 0 Å². The van der Waals surface area contributed by atoms with E-state index in [1.54, 1.807) is 19.2 Å². The fourth-order valence-electron chi connectivity index (χ4n) is 1.58. The number of ether oxygens (including phenoxy) is 1. The van der Waals surface area contributed by atoms with Crippen LogP contribution in [0.3, 0.4) is 0 Å². The summed E-state index contributed by atoms with van der Waals surface area (Å²) in [4.78, 5) is 0. The largest absolute Gasteiger partial charge is 0.375 e. The van der Waals surface area contributed by atoms with Crippen LogP contribution in [0.4, 0.5) is 8.78 Å². The first kappa shape index (κ1) is 15.6. The second kappa shape index (κ2) is 7.89. The van der Waals surface area contributed by atoms with Crippen LogP contribution in [0.15, 0.2) is 18.2 Å². The number of benzene rings is 1. The Morgan fingerprint density at radius 1 is 1.28 bits per heavy atom. The number of hydrogen-bond donors (Lipinski definition) is 1. The van der Waals surface area contributed by atoms with E-state index in [2.05, 4.69) is 5.32 Å². The summed E-state index contributed by atoms with van der Waals surface area (Å²) in [7, 11) is 1.79. The summed E-state index contributed by atoms with van der Waals surface area (Å²) in [6.45, 7) is -0.270. The number of alkyl halides is 2. The molecule has 2 nitrogen and oxygen atoms in total. The van der Waals surface area contributed by atoms with E-state index in [9.17, 15) is 8.78 Å². The zero-order valence-corrected chi connectivity index (χ0v) is 11.4. The molecule has 1 aromatic carbocycles. The van der Waals surface area contributed by atoms with E-state index in [4.69, 9.17) is 27.9 Å². The average Bonchev–Trinajstić information content (AvgIpc) is 2.33. The number of hydrogen-bond acceptors (Lipinski definition) is 2. The van der Waals surface area contributed by atoms with E-state index in [1.807, 2.05) is 6.07 Å². The summed E-state index contributed by atoms with van der Waals surface area (Å²) in [5, 5.41) is 4.05. The number of halogens is 4. The van der Waals surface area contributed by atoms with Crippen LogP contribution in [0, 0.1) is 0 Å². The first-order valence-corrected chi connectivity index (χ1v) is 6.28. The molecule has 1 rings (SSSR count). The Morgan fingerprint density at radius 3 is 2.56 bits per heavy atom. The van der Waals surface area contributed by atoms with E-state index >= 15 is 0 Å². The van der Waals surface area contributed by atoms with Crippen LogP contribution in [0.25, 0.3) is 0 Å². The second-order valence-electron chi connectivity index (χ2n) is 3.77. The quantitative estimate of drug-likeness (QED) is 0.770. The number of rotatable bonds is 7. The van der Waals surface area contributed by atoms with E-state index in [-0.39, 0.29) is 12.6 Å². The summed E-state index contributed by atoms with van der Waals surface area (Å²) in [6.07, 6.45) is -1.84. The van der Waals surface area contributed by atoms with Crippen molar-refractivity contribution in [2.24, 2.45) is 0 Å². The van der Waals surface area contributed by atoms with Gasteiger partial charge in [0.2, 0.25) is 0 Å². The van der Waals surface area contributed by atoms with Gasteiger partial charge in [0.15, 0.2) is 0 Å². The van der Waals surface area contributed by atoms with Gasteiger partial charge in [0, 0.05) is 12.6 Å². The molecule has 1 aromatic rings. The van der Waals surface area contributed by atoms with Crippen molar-refractivity contribution < 1.29 is 13.5 Å². The van der Waals surface area contributed by atoms with Crippen LogP contribution in [0.2, 0.25) is 10.0 Å². The third-order valence-electron chi connectivity index (χ3n) is 2.49. The minimum Gasteiger partial charge on any atom is -0.375 e. The Morgan fingerprint density at radius 2 is 2.00 bits per heavy atom. The van der Waals surface area contributed by atoms with E-state index in [0.717, 1.165) is 5.56 Å². The summed E-state index contributed by atoms with van der Waals surface area (Å²) >= 11 is 11.8. The van der Waals surface area contributed by atoms with E-state index in [1.165, 1.54) is 0 Å². The maximum atomic E-state index is 11.9. The van der Waals surface area contributed by atoms with Gasteiger partial charge in [0.25, 0.3) is 6.43 Å². The molecule has 0 aliphatic carbocycles. The lowest BCUT2D eigenvalue weighted by atomic mass is 10.0. The highest BCUT2D eigenvalue weighted by Gasteiger charge is 2.11. The van der Waals surface area contributed by atoms with Crippen LogP contribution >= 0.6 is 23.2 Å². The number of nitrogens with one attached hydrogen (secondary N) is 1. The molecular weight excluding hydrogens is 283 g/mol. The van der Waals surface area contributed by atoms with Gasteiger partial charge in [-0.15, -0.1) is 0 Å². The molecule has 0 aromatic heterocycles. The monoisotopic (exact) mass is 297 g/mol. The second-order valence-corrected chi connectivity index (χ2v) is 4.58. The maximum absolute atomic E-state index is 11.9. The van der Waals surface area contributed by atoms with Crippen LogP contribution in [0.5, 0.6) is 0 Å². The molecule has 0 bridgehead atoms. The van der Waals surface area contributed by atoms with Crippen LogP contribution in [0.1, 0.15) is 18.0 Å². The van der Waals surface area contributed by atoms with Gasteiger partial charge < -0.3 is 10.1 Å². The van der Waals surface area contributed by atoms with E-state index in [0.29, 0.717) is 16.5 Å². The molecule has 18 heavy (non-hydrogen) atoms. The molecule has 0 amide bonds. The van der Waals surface area contributed by atoms with Crippen LogP contribution in [-0.4, -0.2) is 26.7 Å². The topological polar surface area (TPSA) is 21.3 Å². The molecule has 1 unspecified atom stereocenters. The van der Waals surface area contributed by atoms with Crippen LogP contribution in [-0.2, 0) is 4.74 Å². The predicted octanol–water partition coefficient (Wildman–Crippen LogP) is 3.93. The van der Waals surface area contributed by atoms with Gasteiger partial charge in [0.1, 0.15) is 6.61 Å². The van der Waals surface area contributed by atoms with E-state index < -0.39 is 13.0 Å². The summed E-state index contributed by atoms with van der Waals surface area (Å²) < 4.78 is 28.6. The first-order chi connectivity index (χ1) is 8.54. The molecule has 6 heteroatoms. The van der Waals surface area contributed by atoms with Crippen molar-refractivity contribution in [1.82, 2.24) is 5.32 Å². The molecule has 0 aliphatic rings. The normalized spacial score (nSPS) is 13.0. The van der Waals surface area contributed by atoms with Gasteiger partial charge in [-0.05, 0) is 31.2 Å². The zero-order valence-electron chi connectivity index (χ0n) is 9.93. The van der Waals surface area contributed by atoms with Crippen LogP contribution < -0.4 is 5.32 Å². The van der Waals surface area contributed by atoms with Crippen molar-refractivity contribution in [3.63, 3.8) is 0 Å². The highest BCUT2D eigenvalue weighted by atomic mass is 35.5. The highest BCUT2D eigenvalue weighted by molar-refractivity contribution is 6.42. The first-order valence-electron chi connectivity index (χ1n) is 5.52. The third-order valence-corrected chi connectivity index (χ3v) is 3.23. The van der Waals surface area contributed by atoms with Gasteiger partial charge in [-0.2, -0.15) is 0 Å². The van der Waals surface area contributed by atoms with Crippen molar-refractivity contribution in [2.45, 2.75) is 18.9 Å². The summed E-state index contributed by atoms with van der Waals surface area (Å²) in [5.41, 5.74) is 0.951. The van der Waals surface area contributed by atoms with Crippen molar-refractivity contribution in [3.05, 3.63) is 33.8 Å². The fraction of sp³-hybridized carbons (Fsp3) is 0.500. The standard InChI is InChI=1S/C12H15Cl2F2NO/c1-17-11(4-5-18-7-12(15)16)8-2-3-9(13)10(14)6-8/h2-3,6,11-12,17H,4-5,7H2,1H3. The lowest BCUT2D eigenvalue weighted by Gasteiger charge is -2.17. The average molecular weight is 298 g/mol. The molecule has 0 saturated heterocycles. The molecular formula is C12H15Cl2F2NO. The molecule has 0 saturated carbocycles. The SMILES string of the molecule is CNC(CCOCC(F)F)c1ccc(Cl)c(Cl)c1. The molecule has 1 N–H and O–H groups in total. The zero-order chi connectivity index (χ0) is 13.5. The van der Waals surface area contributed by atoms with Gasteiger partial charge in [0.05, 0.1) is 10.0 Å². The Kier molecular flexibility index (Phi) is 6.86. The summed E-state index contributed by atoms with van der Waals surface area (Å²) in [5.74, 6) is 0. The van der Waals surface area contributed by atoms with Crippen molar-refractivity contribution in [2.75, 3.05) is 20.3 Å². The van der Waals surface area contributed by atoms with Crippen molar-refractivity contribution in [1.29, 1.82) is 0 Å². The third kappa shape index (κ3) is 5.06. The minimum atomic E-state index is -2.43. The molecule has 0 aliphatic heterocycles. The molecule has 102 valence electrons. The fourth-order valence-corrected chi connectivity index (χ4v) is 1.89. The van der Waals surface area contributed by atoms with Crippen molar-refractivity contribution in [3.8, 4) is 0 Å². The maximum Gasteiger partial charge on any atom is 0.261 e. The Hall–Kier alpha value is -0.420. The lowest BCUT2D eigenvalue weighted by molar-refractivity contribution is 0.0145. The Labute approximate surface area is 115 Å². The molecule has 0 heterocycles. The highest BCUT2D eigenvalue weighted by Crippen LogP contribution is 2.26. The predicted molar refractivity (Wildman–Crippen MR) is 69.7 cm³/mol. The Balaban J connectivity index is 2.52. The molecule has 0 fully saturated rings. The van der Waals surface area contributed by atoms with Gasteiger partial charge in [-0.25, -0.2) is 8.78 Å². The molecule has 0 spiro atoms. The molecule has 1 atom stereocenters. The van der Waals surface area contributed by atoms with Crippen molar-refractivity contribution >= 4 is 23.2 Å². The lowest BCUT2D eigenvalue weighted by Crippen LogP contribution is -2.19. The van der Waals surface area contributed by atoms with Gasteiger partial charge in [-0.1, -0.05) is 29.3 Å². The minimum absolute atomic E-state index is 0.00237.